The molecular formula is BCoFeNdNi. The van der Waals surface area contributed by atoms with E-state index in [9.17, 15) is 0 Å². The van der Waals surface area contributed by atoms with Crippen LogP contribution in [0, 0.1) is 40.8 Å². The minimum Gasteiger partial charge on any atom is 0 e. The molecule has 0 saturated heterocycles. The van der Waals surface area contributed by atoms with E-state index < -0.39 is 0 Å². The molecule has 0 atom stereocenters. The number of hydrogen-bond donors (Lipinski definition) is 0. The molecule has 0 nitrogen and oxygen atoms in total. The molecule has 0 rings (SSSR count). The maximum absolute atomic E-state index is 0. The Morgan fingerprint density at radius 2 is 1.00 bits per heavy atom. The monoisotopic (exact) mass is 326 g/mol. The summed E-state index contributed by atoms with van der Waals surface area (Å²) < 4.78 is 0. The molecule has 5 heavy (non-hydrogen) atoms. The Bertz CT molecular complexity index is 11.6. The van der Waals surface area contributed by atoms with Crippen LogP contribution in [-0.2, 0) is 50.3 Å². The van der Waals surface area contributed by atoms with E-state index in [2.05, 4.69) is 0 Å². The van der Waals surface area contributed by atoms with Crippen LogP contribution in [0.15, 0.2) is 0 Å². The number of hydrogen-bond acceptors (Lipinski definition) is 0. The van der Waals surface area contributed by atoms with Crippen LogP contribution in [0.25, 0.3) is 0 Å². The molecule has 0 spiro atoms. The van der Waals surface area contributed by atoms with E-state index in [1.54, 1.807) is 0 Å². The average Bonchev–Trinajstić information content (AvgIpc) is 0. The van der Waals surface area contributed by atoms with Crippen LogP contribution >= 0.6 is 0 Å². The molecule has 0 aliphatic heterocycles. The van der Waals surface area contributed by atoms with Crippen molar-refractivity contribution in [3.8, 4) is 0 Å². The van der Waals surface area contributed by atoms with Gasteiger partial charge in [0.15, 0.2) is 0 Å². The fourth-order valence-electron chi connectivity index (χ4n) is 0. The Labute approximate surface area is 97.7 Å². The van der Waals surface area contributed by atoms with Crippen LogP contribution in [0.3, 0.4) is 0 Å². The molecule has 0 aromatic heterocycles. The third-order valence-corrected chi connectivity index (χ3v) is 0. The first-order valence-electron chi connectivity index (χ1n) is 0. The molecule has 0 amide bonds. The molecule has 5 heteroatoms. The van der Waals surface area contributed by atoms with E-state index >= 15 is 0 Å². The quantitative estimate of drug-likeness (QED) is 0.532. The first-order chi connectivity index (χ1) is 0. The van der Waals surface area contributed by atoms with Gasteiger partial charge in [0.1, 0.15) is 0 Å². The average molecular weight is 329 g/mol. The maximum Gasteiger partial charge on any atom is 0 e. The minimum absolute atomic E-state index is 0. The van der Waals surface area contributed by atoms with E-state index in [1.807, 2.05) is 0 Å². The van der Waals surface area contributed by atoms with E-state index in [-0.39, 0.29) is 99.6 Å². The Balaban J connectivity index is 0. The molecule has 34 valence electrons. The summed E-state index contributed by atoms with van der Waals surface area (Å²) in [7, 11) is 0. The SMILES string of the molecule is [B].[Co].[Fe].[Nd].[Ni]. The maximum atomic E-state index is 0. The van der Waals surface area contributed by atoms with Gasteiger partial charge in [-0.1, -0.05) is 0 Å². The van der Waals surface area contributed by atoms with E-state index in [1.165, 1.54) is 0 Å². The zero-order valence-corrected chi connectivity index (χ0v) is 8.42. The van der Waals surface area contributed by atoms with Gasteiger partial charge < -0.3 is 0 Å². The van der Waals surface area contributed by atoms with Crippen LogP contribution in [0.4, 0.5) is 0 Å². The van der Waals surface area contributed by atoms with Gasteiger partial charge in [-0.3, -0.25) is 0 Å². The van der Waals surface area contributed by atoms with Crippen molar-refractivity contribution in [1.82, 2.24) is 0 Å². The first kappa shape index (κ1) is 44.3. The molecule has 0 aromatic rings. The molecule has 0 aliphatic carbocycles. The summed E-state index contributed by atoms with van der Waals surface area (Å²) in [5.41, 5.74) is 0. The fraction of sp³-hybridized carbons (Fsp3) is 0. The smallest absolute Gasteiger partial charge is 0 e. The fourth-order valence-corrected chi connectivity index (χ4v) is 0. The topological polar surface area (TPSA) is 0 Å². The second-order valence-corrected chi connectivity index (χ2v) is 0. The van der Waals surface area contributed by atoms with Crippen molar-refractivity contribution in [2.45, 2.75) is 0 Å². The third-order valence-electron chi connectivity index (χ3n) is 0. The van der Waals surface area contributed by atoms with Gasteiger partial charge in [0.2, 0.25) is 0 Å². The predicted octanol–water partition coefficient (Wildman–Crippen LogP) is -0.388. The van der Waals surface area contributed by atoms with Gasteiger partial charge in [-0.05, 0) is 0 Å². The molecule has 0 N–H and O–H groups in total. The van der Waals surface area contributed by atoms with E-state index in [4.69, 9.17) is 0 Å². The summed E-state index contributed by atoms with van der Waals surface area (Å²) in [6.45, 7) is 0. The van der Waals surface area contributed by atoms with Crippen LogP contribution in [-0.4, -0.2) is 8.41 Å². The second kappa shape index (κ2) is 28.4. The second-order valence-electron chi connectivity index (χ2n) is 0. The summed E-state index contributed by atoms with van der Waals surface area (Å²) in [4.78, 5) is 0. The molecule has 0 saturated carbocycles. The Morgan fingerprint density at radius 1 is 1.00 bits per heavy atom. The molecule has 0 bridgehead atoms. The minimum atomic E-state index is 0. The van der Waals surface area contributed by atoms with Gasteiger partial charge in [0.05, 0.1) is 0 Å². The molecule has 0 fully saturated rings. The van der Waals surface area contributed by atoms with Crippen LogP contribution < -0.4 is 0 Å². The molecule has 0 aromatic carbocycles. The zero-order valence-electron chi connectivity index (χ0n) is 2.08. The largest absolute Gasteiger partial charge is 0 e. The third kappa shape index (κ3) is 19.6. The van der Waals surface area contributed by atoms with Gasteiger partial charge in [0, 0.05) is 99.6 Å². The van der Waals surface area contributed by atoms with Crippen molar-refractivity contribution in [2.24, 2.45) is 0 Å². The van der Waals surface area contributed by atoms with Crippen molar-refractivity contribution >= 4 is 8.41 Å². The van der Waals surface area contributed by atoms with E-state index in [0.717, 1.165) is 0 Å². The van der Waals surface area contributed by atoms with Gasteiger partial charge in [0.25, 0.3) is 0 Å². The Kier molecular flexibility index (Phi) is 251. The molecule has 0 unspecified atom stereocenters. The first-order valence-corrected chi connectivity index (χ1v) is 0. The molecular weight excluding hydrogens is 329 g/mol. The van der Waals surface area contributed by atoms with Crippen LogP contribution in [0.1, 0.15) is 0 Å². The summed E-state index contributed by atoms with van der Waals surface area (Å²) >= 11 is 0. The standard InChI is InChI=1S/B.Co.Fe.Nd.Ni. The Morgan fingerprint density at radius 3 is 1.00 bits per heavy atom. The van der Waals surface area contributed by atoms with Crippen LogP contribution in [0.2, 0.25) is 0 Å². The van der Waals surface area contributed by atoms with Crippen molar-refractivity contribution < 1.29 is 91.2 Å². The molecule has 0 aliphatic rings. The number of rotatable bonds is 0. The summed E-state index contributed by atoms with van der Waals surface area (Å²) in [5.74, 6) is 0. The van der Waals surface area contributed by atoms with Gasteiger partial charge >= 0.3 is 0 Å². The van der Waals surface area contributed by atoms with Crippen molar-refractivity contribution in [2.75, 3.05) is 0 Å². The normalized spacial score (nSPS) is 0. The molecule has 4 radical (unpaired) electrons. The van der Waals surface area contributed by atoms with Crippen molar-refractivity contribution in [3.63, 3.8) is 0 Å². The summed E-state index contributed by atoms with van der Waals surface area (Å²) in [6.07, 6.45) is 0. The van der Waals surface area contributed by atoms with Crippen molar-refractivity contribution in [3.05, 3.63) is 0 Å². The summed E-state index contributed by atoms with van der Waals surface area (Å²) in [6, 6.07) is 0. The van der Waals surface area contributed by atoms with Crippen molar-refractivity contribution in [1.29, 1.82) is 0 Å². The van der Waals surface area contributed by atoms with Gasteiger partial charge in [-0.25, -0.2) is 0 Å². The zero-order chi connectivity index (χ0) is 0. The van der Waals surface area contributed by atoms with Crippen LogP contribution in [0.5, 0.6) is 0 Å². The van der Waals surface area contributed by atoms with Gasteiger partial charge in [-0.15, -0.1) is 0 Å². The van der Waals surface area contributed by atoms with Gasteiger partial charge in [-0.2, -0.15) is 0 Å². The summed E-state index contributed by atoms with van der Waals surface area (Å²) in [5, 5.41) is 0. The predicted molar refractivity (Wildman–Crippen MR) is 5.75 cm³/mol. The van der Waals surface area contributed by atoms with E-state index in [0.29, 0.717) is 0 Å². The molecule has 0 heterocycles. The Hall–Kier alpha value is 2.94.